The lowest BCUT2D eigenvalue weighted by molar-refractivity contribution is -0.126. The van der Waals surface area contributed by atoms with Crippen LogP contribution in [0.4, 0.5) is 0 Å². The first-order valence-corrected chi connectivity index (χ1v) is 9.14. The average Bonchev–Trinajstić information content (AvgIpc) is 3.28. The van der Waals surface area contributed by atoms with Gasteiger partial charge < -0.3 is 19.5 Å². The minimum absolute atomic E-state index is 0.0270. The highest BCUT2D eigenvalue weighted by Gasteiger charge is 2.65. The van der Waals surface area contributed by atoms with Gasteiger partial charge in [0.15, 0.2) is 5.58 Å². The summed E-state index contributed by atoms with van der Waals surface area (Å²) in [5.74, 6) is 0.452. The van der Waals surface area contributed by atoms with E-state index in [-0.39, 0.29) is 17.4 Å². The quantitative estimate of drug-likeness (QED) is 0.818. The number of aromatic nitrogens is 1. The van der Waals surface area contributed by atoms with Gasteiger partial charge in [-0.05, 0) is 49.7 Å². The molecule has 2 aliphatic carbocycles. The van der Waals surface area contributed by atoms with E-state index in [1.807, 2.05) is 12.1 Å². The van der Waals surface area contributed by atoms with E-state index < -0.39 is 0 Å². The largest absolute Gasteiger partial charge is 0.429 e. The van der Waals surface area contributed by atoms with E-state index in [0.717, 1.165) is 18.5 Å². The van der Waals surface area contributed by atoms with Crippen molar-refractivity contribution in [2.75, 3.05) is 6.61 Å². The number of ether oxygens (including phenoxy) is 1. The summed E-state index contributed by atoms with van der Waals surface area (Å²) in [6.07, 6.45) is 6.25. The number of hydrogen-bond donors (Lipinski definition) is 2. The summed E-state index contributed by atoms with van der Waals surface area (Å²) in [6, 6.07) is 5.67. The van der Waals surface area contributed by atoms with Crippen molar-refractivity contribution in [3.63, 3.8) is 0 Å². The van der Waals surface area contributed by atoms with Crippen LogP contribution in [0.25, 0.3) is 11.1 Å². The first-order valence-electron chi connectivity index (χ1n) is 8.73. The molecule has 1 amide bonds. The predicted octanol–water partition coefficient (Wildman–Crippen LogP) is 3.57. The molecule has 1 aliphatic heterocycles. The summed E-state index contributed by atoms with van der Waals surface area (Å²) in [5, 5.41) is 3.31. The second-order valence-electron chi connectivity index (χ2n) is 7.36. The molecular weight excluding hydrogens is 324 g/mol. The number of oxazole rings is 1. The molecule has 3 atom stereocenters. The van der Waals surface area contributed by atoms with Gasteiger partial charge in [-0.2, -0.15) is 0 Å². The van der Waals surface area contributed by atoms with Crippen molar-refractivity contribution in [2.24, 2.45) is 11.3 Å². The molecule has 0 bridgehead atoms. The average molecular weight is 344 g/mol. The Morgan fingerprint density at radius 2 is 2.17 bits per heavy atom. The molecule has 2 heterocycles. The molecule has 3 fully saturated rings. The number of hydrogen-bond acceptors (Lipinski definition) is 4. The third-order valence-corrected chi connectivity index (χ3v) is 6.44. The van der Waals surface area contributed by atoms with Crippen LogP contribution in [0.2, 0.25) is 0 Å². The zero-order valence-corrected chi connectivity index (χ0v) is 14.2. The molecule has 1 spiro atoms. The summed E-state index contributed by atoms with van der Waals surface area (Å²) in [6.45, 7) is 0.833. The number of H-pyrrole nitrogens is 1. The zero-order chi connectivity index (χ0) is 16.3. The van der Waals surface area contributed by atoms with Crippen LogP contribution in [0.15, 0.2) is 22.6 Å². The van der Waals surface area contributed by atoms with Gasteiger partial charge in [-0.25, -0.2) is 0 Å². The number of rotatable bonds is 2. The standard InChI is InChI=1S/C18H20N2O3S/c21-16(10-3-4-12-13(9-10)23-17(24)19-12)20-14-11-5-8-22-15(11)18(14)6-1-2-7-18/h3-4,9,11,14-15H,1-2,5-8H2,(H,19,24)(H,20,21)/t11-,14+,15-/m0/s1. The summed E-state index contributed by atoms with van der Waals surface area (Å²) < 4.78 is 11.4. The van der Waals surface area contributed by atoms with Crippen molar-refractivity contribution in [3.8, 4) is 0 Å². The van der Waals surface area contributed by atoms with Crippen LogP contribution in [-0.4, -0.2) is 29.6 Å². The van der Waals surface area contributed by atoms with Crippen molar-refractivity contribution in [1.29, 1.82) is 0 Å². The highest BCUT2D eigenvalue weighted by molar-refractivity contribution is 7.71. The van der Waals surface area contributed by atoms with Crippen LogP contribution in [0, 0.1) is 16.2 Å². The smallest absolute Gasteiger partial charge is 0.266 e. The summed E-state index contributed by atoms with van der Waals surface area (Å²) >= 11 is 5.00. The molecule has 2 aromatic rings. The fourth-order valence-corrected chi connectivity index (χ4v) is 5.42. The Bertz CT molecular complexity index is 865. The Hall–Kier alpha value is -1.66. The van der Waals surface area contributed by atoms with Gasteiger partial charge in [-0.1, -0.05) is 12.8 Å². The fourth-order valence-electron chi connectivity index (χ4n) is 5.22. The van der Waals surface area contributed by atoms with Gasteiger partial charge in [-0.15, -0.1) is 0 Å². The van der Waals surface area contributed by atoms with Gasteiger partial charge >= 0.3 is 0 Å². The topological polar surface area (TPSA) is 67.3 Å². The summed E-state index contributed by atoms with van der Waals surface area (Å²) in [5.41, 5.74) is 2.24. The van der Waals surface area contributed by atoms with Gasteiger partial charge in [0.05, 0.1) is 11.6 Å². The third-order valence-electron chi connectivity index (χ3n) is 6.26. The number of nitrogens with one attached hydrogen (secondary N) is 2. The van der Waals surface area contributed by atoms with Crippen LogP contribution < -0.4 is 5.32 Å². The predicted molar refractivity (Wildman–Crippen MR) is 91.4 cm³/mol. The molecule has 6 heteroatoms. The molecule has 24 heavy (non-hydrogen) atoms. The monoisotopic (exact) mass is 344 g/mol. The molecular formula is C18H20N2O3S. The lowest BCUT2D eigenvalue weighted by atomic mass is 9.54. The van der Waals surface area contributed by atoms with Crippen LogP contribution in [0.1, 0.15) is 42.5 Å². The number of benzene rings is 1. The minimum Gasteiger partial charge on any atom is -0.429 e. The molecule has 5 nitrogen and oxygen atoms in total. The second-order valence-corrected chi connectivity index (χ2v) is 7.73. The maximum atomic E-state index is 12.8. The molecule has 2 N–H and O–H groups in total. The highest BCUT2D eigenvalue weighted by atomic mass is 32.1. The Labute approximate surface area is 144 Å². The number of carbonyl (C=O) groups is 1. The van der Waals surface area contributed by atoms with Crippen LogP contribution in [-0.2, 0) is 4.74 Å². The van der Waals surface area contributed by atoms with Crippen molar-refractivity contribution in [3.05, 3.63) is 28.6 Å². The normalized spacial score (nSPS) is 30.4. The van der Waals surface area contributed by atoms with Crippen LogP contribution in [0.5, 0.6) is 0 Å². The van der Waals surface area contributed by atoms with Gasteiger partial charge in [0.25, 0.3) is 10.7 Å². The SMILES string of the molecule is O=C(N[C@@H]1[C@@H]2CCO[C@@H]2C12CCCC2)c1ccc2[nH]c(=S)oc2c1. The molecule has 1 aromatic carbocycles. The molecule has 3 aliphatic rings. The van der Waals surface area contributed by atoms with Crippen molar-refractivity contribution >= 4 is 29.2 Å². The molecule has 0 radical (unpaired) electrons. The van der Waals surface area contributed by atoms with Gasteiger partial charge in [0.2, 0.25) is 0 Å². The van der Waals surface area contributed by atoms with E-state index in [0.29, 0.717) is 28.0 Å². The first-order chi connectivity index (χ1) is 11.7. The third kappa shape index (κ3) is 1.96. The lowest BCUT2D eigenvalue weighted by Crippen LogP contribution is -2.68. The van der Waals surface area contributed by atoms with Gasteiger partial charge in [0.1, 0.15) is 0 Å². The van der Waals surface area contributed by atoms with Crippen LogP contribution in [0.3, 0.4) is 0 Å². The zero-order valence-electron chi connectivity index (χ0n) is 13.3. The van der Waals surface area contributed by atoms with Gasteiger partial charge in [0, 0.05) is 29.5 Å². The first kappa shape index (κ1) is 14.7. The van der Waals surface area contributed by atoms with Crippen molar-refractivity contribution < 1.29 is 13.9 Å². The van der Waals surface area contributed by atoms with Crippen LogP contribution >= 0.6 is 12.2 Å². The van der Waals surface area contributed by atoms with E-state index in [1.54, 1.807) is 6.07 Å². The number of aromatic amines is 1. The van der Waals surface area contributed by atoms with E-state index in [2.05, 4.69) is 10.3 Å². The lowest BCUT2D eigenvalue weighted by Gasteiger charge is -2.56. The van der Waals surface area contributed by atoms with E-state index in [9.17, 15) is 4.79 Å². The number of carbonyl (C=O) groups excluding carboxylic acids is 1. The highest BCUT2D eigenvalue weighted by Crippen LogP contribution is 2.60. The van der Waals surface area contributed by atoms with Gasteiger partial charge in [-0.3, -0.25) is 4.79 Å². The Morgan fingerprint density at radius 1 is 1.33 bits per heavy atom. The van der Waals surface area contributed by atoms with Crippen molar-refractivity contribution in [2.45, 2.75) is 44.2 Å². The van der Waals surface area contributed by atoms with E-state index >= 15 is 0 Å². The fraction of sp³-hybridized carbons (Fsp3) is 0.556. The Balaban J connectivity index is 1.41. The molecule has 1 saturated heterocycles. The number of fused-ring (bicyclic) bond motifs is 3. The maximum absolute atomic E-state index is 12.8. The summed E-state index contributed by atoms with van der Waals surface area (Å²) in [7, 11) is 0. The molecule has 1 aromatic heterocycles. The van der Waals surface area contributed by atoms with Crippen molar-refractivity contribution in [1.82, 2.24) is 10.3 Å². The van der Waals surface area contributed by atoms with E-state index in [4.69, 9.17) is 21.4 Å². The Kier molecular flexibility index (Phi) is 3.16. The molecule has 5 rings (SSSR count). The number of amides is 1. The second kappa shape index (κ2) is 5.17. The summed E-state index contributed by atoms with van der Waals surface area (Å²) in [4.78, 5) is 16.1. The maximum Gasteiger partial charge on any atom is 0.266 e. The molecule has 2 saturated carbocycles. The van der Waals surface area contributed by atoms with E-state index in [1.165, 1.54) is 25.7 Å². The molecule has 0 unspecified atom stereocenters. The minimum atomic E-state index is -0.0270. The molecule has 126 valence electrons. The Morgan fingerprint density at radius 3 is 3.00 bits per heavy atom.